The van der Waals surface area contributed by atoms with Crippen LogP contribution < -0.4 is 0 Å². The molecule has 8 nitrogen and oxygen atoms in total. The third-order valence-electron chi connectivity index (χ3n) is 10.2. The molecule has 9 heteroatoms. The first-order valence-electron chi connectivity index (χ1n) is 24.9. The third-order valence-corrected chi connectivity index (χ3v) is 11.3. The Morgan fingerprint density at radius 1 is 0.452 bits per heavy atom. The predicted octanol–water partition coefficient (Wildman–Crippen LogP) is 16.2. The molecule has 0 bridgehead atoms. The molecule has 356 valence electrons. The van der Waals surface area contributed by atoms with Crippen LogP contribution in [0.25, 0.3) is 0 Å². The SMILES string of the molecule is CC/C=C\C/C=C\C/C=C\C/C=C\C/C=C\C/C=C\CCC(=O)OC(COC(=O)CCCCCCCCCCCCC/C=C\CCCCCCCCCC)COP(=O)(O)OCC. The van der Waals surface area contributed by atoms with E-state index in [4.69, 9.17) is 18.5 Å². The van der Waals surface area contributed by atoms with E-state index in [9.17, 15) is 19.0 Å². The molecule has 0 saturated heterocycles. The fourth-order valence-electron chi connectivity index (χ4n) is 6.59. The van der Waals surface area contributed by atoms with Crippen molar-refractivity contribution in [2.45, 2.75) is 219 Å². The highest BCUT2D eigenvalue weighted by Gasteiger charge is 2.25. The van der Waals surface area contributed by atoms with E-state index in [2.05, 4.69) is 86.8 Å². The van der Waals surface area contributed by atoms with E-state index in [1.807, 2.05) is 12.2 Å². The average molecular weight is 887 g/mol. The van der Waals surface area contributed by atoms with Crippen molar-refractivity contribution in [1.29, 1.82) is 0 Å². The molecule has 0 aromatic carbocycles. The highest BCUT2D eigenvalue weighted by molar-refractivity contribution is 7.47. The van der Waals surface area contributed by atoms with E-state index in [-0.39, 0.29) is 32.0 Å². The molecule has 0 aliphatic carbocycles. The second-order valence-electron chi connectivity index (χ2n) is 16.1. The Balaban J connectivity index is 4.09. The Morgan fingerprint density at radius 2 is 0.855 bits per heavy atom. The monoisotopic (exact) mass is 887 g/mol. The third kappa shape index (κ3) is 46.7. The average Bonchev–Trinajstić information content (AvgIpc) is 3.25. The molecule has 0 radical (unpaired) electrons. The smallest absolute Gasteiger partial charge is 0.462 e. The van der Waals surface area contributed by atoms with E-state index in [0.717, 1.165) is 57.8 Å². The van der Waals surface area contributed by atoms with E-state index >= 15 is 0 Å². The molecule has 0 aromatic rings. The van der Waals surface area contributed by atoms with Crippen LogP contribution in [0.4, 0.5) is 0 Å². The summed E-state index contributed by atoms with van der Waals surface area (Å²) < 4.78 is 32.7. The molecule has 0 spiro atoms. The van der Waals surface area contributed by atoms with Crippen LogP contribution in [0.3, 0.4) is 0 Å². The number of hydrogen-bond donors (Lipinski definition) is 1. The maximum absolute atomic E-state index is 12.6. The quantitative estimate of drug-likeness (QED) is 0.0279. The van der Waals surface area contributed by atoms with Gasteiger partial charge < -0.3 is 14.4 Å². The Morgan fingerprint density at radius 3 is 1.31 bits per heavy atom. The molecule has 0 saturated carbocycles. The summed E-state index contributed by atoms with van der Waals surface area (Å²) in [7, 11) is -4.31. The van der Waals surface area contributed by atoms with Crippen molar-refractivity contribution in [2.75, 3.05) is 19.8 Å². The molecule has 1 N–H and O–H groups in total. The predicted molar refractivity (Wildman–Crippen MR) is 262 cm³/mol. The van der Waals surface area contributed by atoms with Gasteiger partial charge in [0, 0.05) is 12.8 Å². The van der Waals surface area contributed by atoms with Crippen molar-refractivity contribution in [3.05, 3.63) is 85.1 Å². The van der Waals surface area contributed by atoms with E-state index in [1.54, 1.807) is 6.92 Å². The number of hydrogen-bond acceptors (Lipinski definition) is 7. The Hall–Kier alpha value is -2.77. The number of unbranched alkanes of at least 4 members (excludes halogenated alkanes) is 19. The fourth-order valence-corrected chi connectivity index (χ4v) is 7.35. The largest absolute Gasteiger partial charge is 0.472 e. The number of allylic oxidation sites excluding steroid dienone is 14. The number of ether oxygens (including phenoxy) is 2. The summed E-state index contributed by atoms with van der Waals surface area (Å²) in [5.74, 6) is -0.898. The van der Waals surface area contributed by atoms with Crippen molar-refractivity contribution in [3.63, 3.8) is 0 Å². The number of carbonyl (C=O) groups excluding carboxylic acids is 2. The number of esters is 2. The fraction of sp³-hybridized carbons (Fsp3) is 0.698. The van der Waals surface area contributed by atoms with Crippen molar-refractivity contribution < 1.29 is 37.6 Å². The summed E-state index contributed by atoms with van der Waals surface area (Å²) in [6, 6.07) is 0. The lowest BCUT2D eigenvalue weighted by Gasteiger charge is -2.19. The Labute approximate surface area is 380 Å². The molecular formula is C53H91O8P. The van der Waals surface area contributed by atoms with E-state index in [1.165, 1.54) is 116 Å². The molecule has 2 unspecified atom stereocenters. The summed E-state index contributed by atoms with van der Waals surface area (Å²) >= 11 is 0. The van der Waals surface area contributed by atoms with Gasteiger partial charge in [0.15, 0.2) is 6.10 Å². The van der Waals surface area contributed by atoms with Gasteiger partial charge in [-0.15, -0.1) is 0 Å². The topological polar surface area (TPSA) is 108 Å². The molecule has 62 heavy (non-hydrogen) atoms. The van der Waals surface area contributed by atoms with Crippen LogP contribution in [0.1, 0.15) is 213 Å². The molecule has 0 amide bonds. The van der Waals surface area contributed by atoms with Crippen LogP contribution >= 0.6 is 7.82 Å². The first-order chi connectivity index (χ1) is 30.3. The van der Waals surface area contributed by atoms with Crippen molar-refractivity contribution >= 4 is 19.8 Å². The molecule has 0 aliphatic rings. The van der Waals surface area contributed by atoms with Crippen molar-refractivity contribution in [1.82, 2.24) is 0 Å². The standard InChI is InChI=1S/C53H91O8P/c1-4-7-9-11-13-15-17-19-21-23-25-26-27-28-30-31-33-35-37-39-41-43-45-47-52(54)58-49-51(50-60-62(56,57)59-6-3)61-53(55)48-46-44-42-40-38-36-34-32-29-24-22-20-18-16-14-12-10-8-5-2/h8,10,14,16,20,22-23,25,29,32,36,38,42,44,51H,4-7,9,11-13,15,17-19,21,24,26-28,30-31,33-35,37,39-41,43,45-50H2,1-3H3,(H,56,57)/b10-8-,16-14-,22-20-,25-23-,32-29-,38-36-,44-42-. The van der Waals surface area contributed by atoms with Gasteiger partial charge in [0.2, 0.25) is 0 Å². The van der Waals surface area contributed by atoms with Gasteiger partial charge in [-0.2, -0.15) is 0 Å². The molecule has 0 aromatic heterocycles. The van der Waals surface area contributed by atoms with Gasteiger partial charge in [-0.05, 0) is 84.0 Å². The maximum atomic E-state index is 12.6. The highest BCUT2D eigenvalue weighted by Crippen LogP contribution is 2.43. The van der Waals surface area contributed by atoms with Gasteiger partial charge in [-0.3, -0.25) is 18.6 Å². The van der Waals surface area contributed by atoms with Gasteiger partial charge in [-0.1, -0.05) is 202 Å². The summed E-state index contributed by atoms with van der Waals surface area (Å²) in [5, 5.41) is 0. The lowest BCUT2D eigenvalue weighted by molar-refractivity contribution is -0.161. The van der Waals surface area contributed by atoms with Gasteiger partial charge in [0.1, 0.15) is 6.61 Å². The maximum Gasteiger partial charge on any atom is 0.472 e. The van der Waals surface area contributed by atoms with Crippen LogP contribution in [-0.4, -0.2) is 42.8 Å². The first kappa shape index (κ1) is 59.2. The lowest BCUT2D eigenvalue weighted by Crippen LogP contribution is -2.29. The number of phosphoric ester groups is 1. The van der Waals surface area contributed by atoms with Crippen LogP contribution in [0.2, 0.25) is 0 Å². The molecule has 2 atom stereocenters. The van der Waals surface area contributed by atoms with Gasteiger partial charge in [0.25, 0.3) is 0 Å². The molecule has 0 rings (SSSR count). The summed E-state index contributed by atoms with van der Waals surface area (Å²) in [6.45, 7) is 5.29. The second kappa shape index (κ2) is 47.7. The summed E-state index contributed by atoms with van der Waals surface area (Å²) in [5.41, 5.74) is 0. The van der Waals surface area contributed by atoms with E-state index < -0.39 is 26.5 Å². The summed E-state index contributed by atoms with van der Waals surface area (Å²) in [4.78, 5) is 34.9. The zero-order chi connectivity index (χ0) is 45.3. The minimum absolute atomic E-state index is 0.0170. The van der Waals surface area contributed by atoms with Crippen LogP contribution in [-0.2, 0) is 32.7 Å². The first-order valence-corrected chi connectivity index (χ1v) is 26.4. The van der Waals surface area contributed by atoms with Crippen LogP contribution in [0.15, 0.2) is 85.1 Å². The molecular weight excluding hydrogens is 796 g/mol. The van der Waals surface area contributed by atoms with E-state index in [0.29, 0.717) is 6.42 Å². The normalized spacial score (nSPS) is 13.9. The zero-order valence-corrected chi connectivity index (χ0v) is 40.6. The lowest BCUT2D eigenvalue weighted by atomic mass is 10.0. The number of phosphoric acid groups is 1. The second-order valence-corrected chi connectivity index (χ2v) is 17.5. The minimum Gasteiger partial charge on any atom is -0.462 e. The molecule has 0 aliphatic heterocycles. The number of carbonyl (C=O) groups is 2. The Kier molecular flexibility index (Phi) is 45.6. The molecule has 0 fully saturated rings. The zero-order valence-electron chi connectivity index (χ0n) is 39.7. The molecule has 0 heterocycles. The van der Waals surface area contributed by atoms with Crippen molar-refractivity contribution in [2.24, 2.45) is 0 Å². The highest BCUT2D eigenvalue weighted by atomic mass is 31.2. The van der Waals surface area contributed by atoms with Gasteiger partial charge >= 0.3 is 19.8 Å². The number of rotatable bonds is 45. The Bertz CT molecular complexity index is 1280. The van der Waals surface area contributed by atoms with Gasteiger partial charge in [-0.25, -0.2) is 4.57 Å². The van der Waals surface area contributed by atoms with Crippen LogP contribution in [0, 0.1) is 0 Å². The van der Waals surface area contributed by atoms with Crippen LogP contribution in [0.5, 0.6) is 0 Å². The minimum atomic E-state index is -4.31. The van der Waals surface area contributed by atoms with Gasteiger partial charge in [0.05, 0.1) is 13.2 Å². The van der Waals surface area contributed by atoms with Crippen molar-refractivity contribution in [3.8, 4) is 0 Å². The summed E-state index contributed by atoms with van der Waals surface area (Å²) in [6.07, 6.45) is 62.4.